The summed E-state index contributed by atoms with van der Waals surface area (Å²) in [5, 5.41) is 17.2. The molecule has 0 aliphatic heterocycles. The first-order valence-electron chi connectivity index (χ1n) is 6.26. The van der Waals surface area contributed by atoms with Gasteiger partial charge in [-0.1, -0.05) is 0 Å². The maximum Gasteiger partial charge on any atom is 0.306 e. The van der Waals surface area contributed by atoms with Crippen LogP contribution < -0.4 is 11.1 Å². The molecule has 1 atom stereocenters. The largest absolute Gasteiger partial charge is 0.352 e. The Balaban J connectivity index is 0.00000200. The van der Waals surface area contributed by atoms with Gasteiger partial charge in [0.15, 0.2) is 0 Å². The molecule has 1 unspecified atom stereocenters. The highest BCUT2D eigenvalue weighted by atomic mass is 35.5. The summed E-state index contributed by atoms with van der Waals surface area (Å²) in [6.07, 6.45) is 4.96. The quantitative estimate of drug-likeness (QED) is 0.560. The normalized spacial score (nSPS) is 15.2. The lowest BCUT2D eigenvalue weighted by Gasteiger charge is -2.15. The second-order valence-electron chi connectivity index (χ2n) is 4.72. The van der Waals surface area contributed by atoms with Gasteiger partial charge < -0.3 is 11.1 Å². The molecular weight excluding hydrogens is 286 g/mol. The topological polar surface area (TPSA) is 116 Å². The number of nitrogens with zero attached hydrogens (tertiary/aromatic N) is 3. The second kappa shape index (κ2) is 7.20. The zero-order valence-corrected chi connectivity index (χ0v) is 11.7. The fourth-order valence-electron chi connectivity index (χ4n) is 1.93. The van der Waals surface area contributed by atoms with Crippen LogP contribution in [-0.4, -0.2) is 33.2 Å². The molecule has 8 nitrogen and oxygen atoms in total. The van der Waals surface area contributed by atoms with Gasteiger partial charge in [0, 0.05) is 25.6 Å². The number of amides is 1. The maximum absolute atomic E-state index is 11.7. The minimum absolute atomic E-state index is 0. The van der Waals surface area contributed by atoms with Gasteiger partial charge in [0.1, 0.15) is 12.4 Å². The van der Waals surface area contributed by atoms with E-state index in [9.17, 15) is 14.9 Å². The summed E-state index contributed by atoms with van der Waals surface area (Å²) in [4.78, 5) is 21.7. The molecule has 0 spiro atoms. The third kappa shape index (κ3) is 4.46. The molecule has 0 aromatic carbocycles. The predicted octanol–water partition coefficient (Wildman–Crippen LogP) is 0.457. The molecule has 1 heterocycles. The van der Waals surface area contributed by atoms with Crippen molar-refractivity contribution in [3.63, 3.8) is 0 Å². The molecule has 1 fully saturated rings. The Morgan fingerprint density at radius 2 is 2.35 bits per heavy atom. The summed E-state index contributed by atoms with van der Waals surface area (Å²) >= 11 is 0. The molecule has 3 N–H and O–H groups in total. The van der Waals surface area contributed by atoms with Gasteiger partial charge in [0.2, 0.25) is 5.91 Å². The predicted molar refractivity (Wildman–Crippen MR) is 74.5 cm³/mol. The first-order valence-corrected chi connectivity index (χ1v) is 6.26. The number of rotatable bonds is 7. The second-order valence-corrected chi connectivity index (χ2v) is 4.72. The van der Waals surface area contributed by atoms with Gasteiger partial charge in [-0.25, -0.2) is 0 Å². The Kier molecular flexibility index (Phi) is 5.90. The number of nitrogens with one attached hydrogen (secondary N) is 1. The fraction of sp³-hybridized carbons (Fsp3) is 0.636. The van der Waals surface area contributed by atoms with Gasteiger partial charge in [-0.2, -0.15) is 5.10 Å². The lowest BCUT2D eigenvalue weighted by Crippen LogP contribution is -2.42. The Morgan fingerprint density at radius 1 is 1.65 bits per heavy atom. The van der Waals surface area contributed by atoms with Gasteiger partial charge >= 0.3 is 5.69 Å². The molecule has 1 aromatic heterocycles. The molecule has 2 rings (SSSR count). The standard InChI is InChI=1S/C11H17N5O3.ClH/c12-5-10(8-1-2-8)14-11(17)3-4-15-7-9(6-13-15)16(18)19;/h6-8,10H,1-5,12H2,(H,14,17);1H. The van der Waals surface area contributed by atoms with Crippen molar-refractivity contribution in [3.8, 4) is 0 Å². The van der Waals surface area contributed by atoms with E-state index >= 15 is 0 Å². The van der Waals surface area contributed by atoms with Crippen molar-refractivity contribution < 1.29 is 9.72 Å². The number of hydrogen-bond donors (Lipinski definition) is 2. The summed E-state index contributed by atoms with van der Waals surface area (Å²) < 4.78 is 1.40. The van der Waals surface area contributed by atoms with Crippen LogP contribution >= 0.6 is 12.4 Å². The zero-order chi connectivity index (χ0) is 13.8. The van der Waals surface area contributed by atoms with E-state index in [1.165, 1.54) is 17.1 Å². The van der Waals surface area contributed by atoms with E-state index in [2.05, 4.69) is 10.4 Å². The first-order chi connectivity index (χ1) is 9.10. The number of nitro groups is 1. The van der Waals surface area contributed by atoms with Crippen LogP contribution in [0.5, 0.6) is 0 Å². The minimum Gasteiger partial charge on any atom is -0.352 e. The first kappa shape index (κ1) is 16.4. The SMILES string of the molecule is Cl.NCC(NC(=O)CCn1cc([N+](=O)[O-])cn1)C1CC1. The van der Waals surface area contributed by atoms with Crippen molar-refractivity contribution in [2.75, 3.05) is 6.54 Å². The van der Waals surface area contributed by atoms with E-state index in [1.807, 2.05) is 0 Å². The van der Waals surface area contributed by atoms with E-state index in [4.69, 9.17) is 5.73 Å². The molecule has 0 saturated heterocycles. The van der Waals surface area contributed by atoms with E-state index < -0.39 is 4.92 Å². The zero-order valence-electron chi connectivity index (χ0n) is 10.9. The highest BCUT2D eigenvalue weighted by Crippen LogP contribution is 2.32. The monoisotopic (exact) mass is 303 g/mol. The fourth-order valence-corrected chi connectivity index (χ4v) is 1.93. The summed E-state index contributed by atoms with van der Waals surface area (Å²) in [6, 6.07) is 0.0551. The average Bonchev–Trinajstić information content (AvgIpc) is 3.11. The molecular formula is C11H18ClN5O3. The molecule has 1 aliphatic rings. The van der Waals surface area contributed by atoms with Crippen LogP contribution in [0.2, 0.25) is 0 Å². The van der Waals surface area contributed by atoms with Gasteiger partial charge in [0.25, 0.3) is 0 Å². The highest BCUT2D eigenvalue weighted by molar-refractivity contribution is 5.85. The van der Waals surface area contributed by atoms with Crippen molar-refractivity contribution in [1.82, 2.24) is 15.1 Å². The van der Waals surface area contributed by atoms with Crippen molar-refractivity contribution in [2.24, 2.45) is 11.7 Å². The number of carbonyl (C=O) groups excluding carboxylic acids is 1. The maximum atomic E-state index is 11.7. The highest BCUT2D eigenvalue weighted by Gasteiger charge is 2.31. The van der Waals surface area contributed by atoms with Crippen molar-refractivity contribution >= 4 is 24.0 Å². The Hall–Kier alpha value is -1.67. The van der Waals surface area contributed by atoms with E-state index in [0.717, 1.165) is 12.8 Å². The van der Waals surface area contributed by atoms with Crippen LogP contribution in [0.4, 0.5) is 5.69 Å². The van der Waals surface area contributed by atoms with Crippen molar-refractivity contribution in [1.29, 1.82) is 0 Å². The number of carbonyl (C=O) groups is 1. The molecule has 1 aliphatic carbocycles. The number of aromatic nitrogens is 2. The summed E-state index contributed by atoms with van der Waals surface area (Å²) in [6.45, 7) is 0.769. The van der Waals surface area contributed by atoms with E-state index in [1.54, 1.807) is 0 Å². The molecule has 1 saturated carbocycles. The van der Waals surface area contributed by atoms with Crippen molar-refractivity contribution in [3.05, 3.63) is 22.5 Å². The Bertz CT molecular complexity index is 474. The smallest absolute Gasteiger partial charge is 0.306 e. The molecule has 0 radical (unpaired) electrons. The van der Waals surface area contributed by atoms with E-state index in [0.29, 0.717) is 19.0 Å². The summed E-state index contributed by atoms with van der Waals surface area (Å²) in [5.74, 6) is 0.417. The number of nitrogens with two attached hydrogens (primary N) is 1. The molecule has 112 valence electrons. The molecule has 20 heavy (non-hydrogen) atoms. The van der Waals surface area contributed by atoms with Crippen molar-refractivity contribution in [2.45, 2.75) is 31.8 Å². The lowest BCUT2D eigenvalue weighted by molar-refractivity contribution is -0.385. The average molecular weight is 304 g/mol. The van der Waals surface area contributed by atoms with Crippen LogP contribution in [0.1, 0.15) is 19.3 Å². The molecule has 0 bridgehead atoms. The molecule has 9 heteroatoms. The van der Waals surface area contributed by atoms with Crippen LogP contribution in [0.15, 0.2) is 12.4 Å². The summed E-state index contributed by atoms with van der Waals surface area (Å²) in [5.41, 5.74) is 5.53. The van der Waals surface area contributed by atoms with Gasteiger partial charge in [-0.15, -0.1) is 12.4 Å². The number of halogens is 1. The Labute approximate surface area is 122 Å². The number of hydrogen-bond acceptors (Lipinski definition) is 5. The lowest BCUT2D eigenvalue weighted by atomic mass is 10.2. The molecule has 1 amide bonds. The third-order valence-electron chi connectivity index (χ3n) is 3.19. The van der Waals surface area contributed by atoms with Gasteiger partial charge in [-0.05, 0) is 18.8 Å². The van der Waals surface area contributed by atoms with Crippen LogP contribution in [0.25, 0.3) is 0 Å². The minimum atomic E-state index is -0.513. The molecule has 1 aromatic rings. The Morgan fingerprint density at radius 3 is 2.85 bits per heavy atom. The number of aryl methyl sites for hydroxylation is 1. The summed E-state index contributed by atoms with van der Waals surface area (Å²) in [7, 11) is 0. The van der Waals surface area contributed by atoms with E-state index in [-0.39, 0.29) is 36.5 Å². The van der Waals surface area contributed by atoms with Gasteiger partial charge in [-0.3, -0.25) is 19.6 Å². The van der Waals surface area contributed by atoms with Gasteiger partial charge in [0.05, 0.1) is 4.92 Å². The van der Waals surface area contributed by atoms with Crippen LogP contribution in [0.3, 0.4) is 0 Å². The van der Waals surface area contributed by atoms with Crippen LogP contribution in [0, 0.1) is 16.0 Å². The third-order valence-corrected chi connectivity index (χ3v) is 3.19. The van der Waals surface area contributed by atoms with Crippen LogP contribution in [-0.2, 0) is 11.3 Å².